The Balaban J connectivity index is 2.30. The molecule has 0 heterocycles. The predicted molar refractivity (Wildman–Crippen MR) is 62.4 cm³/mol. The van der Waals surface area contributed by atoms with Gasteiger partial charge in [0.15, 0.2) is 11.6 Å². The van der Waals surface area contributed by atoms with Crippen LogP contribution < -0.4 is 4.74 Å². The molecule has 5 heteroatoms. The van der Waals surface area contributed by atoms with Crippen LogP contribution in [0.2, 0.25) is 0 Å². The van der Waals surface area contributed by atoms with E-state index in [1.165, 1.54) is 24.3 Å². The molecule has 0 aliphatic rings. The van der Waals surface area contributed by atoms with E-state index in [9.17, 15) is 13.2 Å². The molecule has 0 aliphatic heterocycles. The lowest BCUT2D eigenvalue weighted by Crippen LogP contribution is -1.92. The van der Waals surface area contributed by atoms with Gasteiger partial charge >= 0.3 is 0 Å². The molecule has 0 saturated heterocycles. The van der Waals surface area contributed by atoms with Gasteiger partial charge in [0, 0.05) is 11.6 Å². The average Bonchev–Trinajstić information content (AvgIpc) is 2.36. The van der Waals surface area contributed by atoms with E-state index in [1.54, 1.807) is 0 Å². The summed E-state index contributed by atoms with van der Waals surface area (Å²) < 4.78 is 44.0. The van der Waals surface area contributed by atoms with Crippen LogP contribution >= 0.6 is 11.6 Å². The van der Waals surface area contributed by atoms with E-state index in [2.05, 4.69) is 0 Å². The maximum atomic E-state index is 13.0. The highest BCUT2D eigenvalue weighted by Crippen LogP contribution is 2.28. The Morgan fingerprint density at radius 3 is 2.39 bits per heavy atom. The highest BCUT2D eigenvalue weighted by Gasteiger charge is 2.08. The zero-order valence-electron chi connectivity index (χ0n) is 9.09. The quantitative estimate of drug-likeness (QED) is 0.740. The van der Waals surface area contributed by atoms with Crippen LogP contribution in [0.1, 0.15) is 5.56 Å². The molecule has 0 atom stereocenters. The van der Waals surface area contributed by atoms with Crippen LogP contribution in [0, 0.1) is 17.5 Å². The second-order valence-corrected chi connectivity index (χ2v) is 3.83. The molecule has 18 heavy (non-hydrogen) atoms. The lowest BCUT2D eigenvalue weighted by Gasteiger charge is -2.09. The molecule has 0 N–H and O–H groups in total. The highest BCUT2D eigenvalue weighted by atomic mass is 35.5. The van der Waals surface area contributed by atoms with E-state index < -0.39 is 17.5 Å². The molecular weight excluding hydrogens is 265 g/mol. The van der Waals surface area contributed by atoms with Gasteiger partial charge in [-0.25, -0.2) is 13.2 Å². The highest BCUT2D eigenvalue weighted by molar-refractivity contribution is 6.17. The minimum atomic E-state index is -1.01. The Labute approximate surface area is 107 Å². The maximum absolute atomic E-state index is 13.0. The molecule has 2 aromatic rings. The number of rotatable bonds is 3. The lowest BCUT2D eigenvalue weighted by atomic mass is 10.2. The van der Waals surface area contributed by atoms with Crippen LogP contribution in [0.5, 0.6) is 11.5 Å². The second kappa shape index (κ2) is 5.31. The minimum Gasteiger partial charge on any atom is -0.457 e. The SMILES string of the molecule is Fc1ccc(Oc2ccc(F)c(F)c2)c(CCl)c1. The van der Waals surface area contributed by atoms with Gasteiger partial charge < -0.3 is 4.74 Å². The van der Waals surface area contributed by atoms with Crippen molar-refractivity contribution in [2.24, 2.45) is 0 Å². The van der Waals surface area contributed by atoms with E-state index in [4.69, 9.17) is 16.3 Å². The van der Waals surface area contributed by atoms with E-state index in [-0.39, 0.29) is 11.6 Å². The van der Waals surface area contributed by atoms with Gasteiger partial charge in [0.2, 0.25) is 0 Å². The molecule has 0 amide bonds. The van der Waals surface area contributed by atoms with Crippen molar-refractivity contribution in [3.8, 4) is 11.5 Å². The van der Waals surface area contributed by atoms with Gasteiger partial charge in [-0.2, -0.15) is 0 Å². The van der Waals surface area contributed by atoms with Crippen molar-refractivity contribution in [1.29, 1.82) is 0 Å². The predicted octanol–water partition coefficient (Wildman–Crippen LogP) is 4.64. The summed E-state index contributed by atoms with van der Waals surface area (Å²) in [6.07, 6.45) is 0. The normalized spacial score (nSPS) is 10.4. The summed E-state index contributed by atoms with van der Waals surface area (Å²) in [6.45, 7) is 0. The van der Waals surface area contributed by atoms with Crippen LogP contribution in [0.3, 0.4) is 0 Å². The number of hydrogen-bond donors (Lipinski definition) is 0. The van der Waals surface area contributed by atoms with Crippen molar-refractivity contribution >= 4 is 11.6 Å². The largest absolute Gasteiger partial charge is 0.457 e. The first-order chi connectivity index (χ1) is 8.60. The third kappa shape index (κ3) is 2.76. The fourth-order valence-electron chi connectivity index (χ4n) is 1.42. The third-order valence-corrected chi connectivity index (χ3v) is 2.57. The molecule has 0 radical (unpaired) electrons. The maximum Gasteiger partial charge on any atom is 0.162 e. The second-order valence-electron chi connectivity index (χ2n) is 3.56. The third-order valence-electron chi connectivity index (χ3n) is 2.29. The Morgan fingerprint density at radius 2 is 1.72 bits per heavy atom. The molecule has 0 fully saturated rings. The summed E-state index contributed by atoms with van der Waals surface area (Å²) in [7, 11) is 0. The van der Waals surface area contributed by atoms with Crippen LogP contribution in [0.15, 0.2) is 36.4 Å². The first-order valence-electron chi connectivity index (χ1n) is 5.07. The first kappa shape index (κ1) is 12.8. The van der Waals surface area contributed by atoms with Crippen molar-refractivity contribution < 1.29 is 17.9 Å². The van der Waals surface area contributed by atoms with Gasteiger partial charge in [0.05, 0.1) is 5.88 Å². The van der Waals surface area contributed by atoms with Crippen LogP contribution in [-0.4, -0.2) is 0 Å². The molecule has 0 saturated carbocycles. The zero-order chi connectivity index (χ0) is 13.1. The summed E-state index contributed by atoms with van der Waals surface area (Å²) in [5, 5.41) is 0. The Morgan fingerprint density at radius 1 is 0.944 bits per heavy atom. The molecule has 0 spiro atoms. The number of halogens is 4. The van der Waals surface area contributed by atoms with E-state index >= 15 is 0 Å². The van der Waals surface area contributed by atoms with Crippen LogP contribution in [0.4, 0.5) is 13.2 Å². The fourth-order valence-corrected chi connectivity index (χ4v) is 1.63. The monoisotopic (exact) mass is 272 g/mol. The van der Waals surface area contributed by atoms with E-state index in [1.807, 2.05) is 0 Å². The van der Waals surface area contributed by atoms with Gasteiger partial charge in [0.1, 0.15) is 17.3 Å². The zero-order valence-corrected chi connectivity index (χ0v) is 9.85. The summed E-state index contributed by atoms with van der Waals surface area (Å²) >= 11 is 5.65. The number of benzene rings is 2. The summed E-state index contributed by atoms with van der Waals surface area (Å²) in [4.78, 5) is 0. The Bertz CT molecular complexity index is 572. The summed E-state index contributed by atoms with van der Waals surface area (Å²) in [5.74, 6) is -1.94. The van der Waals surface area contributed by atoms with Crippen molar-refractivity contribution in [3.63, 3.8) is 0 Å². The molecular formula is C13H8ClF3O. The fraction of sp³-hybridized carbons (Fsp3) is 0.0769. The smallest absolute Gasteiger partial charge is 0.162 e. The molecule has 0 aliphatic carbocycles. The molecule has 2 aromatic carbocycles. The molecule has 0 aromatic heterocycles. The topological polar surface area (TPSA) is 9.23 Å². The van der Waals surface area contributed by atoms with Crippen LogP contribution in [0.25, 0.3) is 0 Å². The summed E-state index contributed by atoms with van der Waals surface area (Å²) in [5.41, 5.74) is 0.432. The standard InChI is InChI=1S/C13H8ClF3O/c14-7-8-5-9(15)1-4-13(8)18-10-2-3-11(16)12(17)6-10/h1-6H,7H2. The number of hydrogen-bond acceptors (Lipinski definition) is 1. The average molecular weight is 273 g/mol. The lowest BCUT2D eigenvalue weighted by molar-refractivity contribution is 0.457. The number of ether oxygens (including phenoxy) is 1. The summed E-state index contributed by atoms with van der Waals surface area (Å²) in [6, 6.07) is 6.95. The van der Waals surface area contributed by atoms with Gasteiger partial charge in [-0.05, 0) is 30.3 Å². The minimum absolute atomic E-state index is 0.0524. The molecule has 0 unspecified atom stereocenters. The molecule has 2 rings (SSSR count). The molecule has 0 bridgehead atoms. The van der Waals surface area contributed by atoms with Crippen molar-refractivity contribution in [1.82, 2.24) is 0 Å². The van der Waals surface area contributed by atoms with E-state index in [0.717, 1.165) is 12.1 Å². The van der Waals surface area contributed by atoms with Gasteiger partial charge in [-0.3, -0.25) is 0 Å². The van der Waals surface area contributed by atoms with Gasteiger partial charge in [-0.1, -0.05) is 0 Å². The van der Waals surface area contributed by atoms with Crippen LogP contribution in [-0.2, 0) is 5.88 Å². The molecule has 1 nitrogen and oxygen atoms in total. The van der Waals surface area contributed by atoms with Crippen molar-refractivity contribution in [2.45, 2.75) is 5.88 Å². The van der Waals surface area contributed by atoms with Gasteiger partial charge in [0.25, 0.3) is 0 Å². The number of alkyl halides is 1. The molecule has 94 valence electrons. The van der Waals surface area contributed by atoms with Gasteiger partial charge in [-0.15, -0.1) is 11.6 Å². The Kier molecular flexibility index (Phi) is 3.77. The van der Waals surface area contributed by atoms with Crippen molar-refractivity contribution in [2.75, 3.05) is 0 Å². The van der Waals surface area contributed by atoms with E-state index in [0.29, 0.717) is 11.3 Å². The first-order valence-corrected chi connectivity index (χ1v) is 5.61. The Hall–Kier alpha value is -1.68. The van der Waals surface area contributed by atoms with Crippen molar-refractivity contribution in [3.05, 3.63) is 59.4 Å².